The maximum absolute atomic E-state index is 13.0. The maximum atomic E-state index is 13.0. The number of benzene rings is 2. The lowest BCUT2D eigenvalue weighted by molar-refractivity contribution is -0.140. The van der Waals surface area contributed by atoms with Gasteiger partial charge in [-0.2, -0.15) is 0 Å². The molecule has 148 valence electrons. The van der Waals surface area contributed by atoms with Gasteiger partial charge in [0.25, 0.3) is 5.91 Å². The van der Waals surface area contributed by atoms with E-state index in [2.05, 4.69) is 15.5 Å². The number of tetrazole rings is 1. The number of hydrogen-bond donors (Lipinski definition) is 0. The Balaban J connectivity index is 1.31. The van der Waals surface area contributed by atoms with Crippen molar-refractivity contribution >= 4 is 11.9 Å². The summed E-state index contributed by atoms with van der Waals surface area (Å²) in [6.45, 7) is 0.905. The minimum Gasteiger partial charge on any atom is -0.426 e. The number of nitrogens with zero attached hydrogens (tertiary/aromatic N) is 5. The lowest BCUT2D eigenvalue weighted by atomic mass is 9.96. The molecule has 8 nitrogen and oxygen atoms in total. The number of carbonyl (C=O) groups excluding carboxylic acids is 2. The molecular weight excluding hydrogens is 377 g/mol. The number of likely N-dealkylation sites (tertiary alicyclic amines) is 1. The highest BCUT2D eigenvalue weighted by Crippen LogP contribution is 2.22. The SMILES string of the molecule is O=C(Oc1ccc(-n2cnnn2)cc1)C1CCN(C(=O)c2ccc(F)cc2)CC1. The number of piperidine rings is 1. The number of halogens is 1. The van der Waals surface area contributed by atoms with Gasteiger partial charge in [0.1, 0.15) is 17.9 Å². The van der Waals surface area contributed by atoms with Crippen LogP contribution in [0.5, 0.6) is 5.75 Å². The molecule has 1 aromatic heterocycles. The van der Waals surface area contributed by atoms with E-state index in [-0.39, 0.29) is 23.6 Å². The predicted octanol–water partition coefficient (Wildman–Crippen LogP) is 2.26. The third kappa shape index (κ3) is 4.29. The van der Waals surface area contributed by atoms with E-state index in [1.165, 1.54) is 35.3 Å². The standard InChI is InChI=1S/C20H18FN5O3/c21-16-3-1-14(2-4-16)19(27)25-11-9-15(10-12-25)20(28)29-18-7-5-17(6-8-18)26-13-22-23-24-26/h1-8,13,15H,9-12H2. The zero-order valence-electron chi connectivity index (χ0n) is 15.4. The second-order valence-corrected chi connectivity index (χ2v) is 6.74. The minimum absolute atomic E-state index is 0.157. The number of carbonyl (C=O) groups is 2. The van der Waals surface area contributed by atoms with Crippen LogP contribution in [0.1, 0.15) is 23.2 Å². The molecule has 29 heavy (non-hydrogen) atoms. The van der Waals surface area contributed by atoms with Crippen molar-refractivity contribution in [2.45, 2.75) is 12.8 Å². The van der Waals surface area contributed by atoms with E-state index in [1.807, 2.05) is 0 Å². The average molecular weight is 395 g/mol. The molecular formula is C20H18FN5O3. The van der Waals surface area contributed by atoms with Crippen LogP contribution in [0.3, 0.4) is 0 Å². The molecule has 4 rings (SSSR count). The molecule has 1 amide bonds. The molecule has 1 aliphatic heterocycles. The van der Waals surface area contributed by atoms with E-state index < -0.39 is 0 Å². The number of ether oxygens (including phenoxy) is 1. The van der Waals surface area contributed by atoms with Crippen LogP contribution in [0, 0.1) is 11.7 Å². The highest BCUT2D eigenvalue weighted by atomic mass is 19.1. The molecule has 3 aromatic rings. The first-order valence-electron chi connectivity index (χ1n) is 9.20. The van der Waals surface area contributed by atoms with Gasteiger partial charge in [-0.05, 0) is 71.8 Å². The van der Waals surface area contributed by atoms with Gasteiger partial charge in [-0.1, -0.05) is 0 Å². The van der Waals surface area contributed by atoms with Crippen molar-refractivity contribution in [3.05, 3.63) is 66.2 Å². The molecule has 0 aliphatic carbocycles. The van der Waals surface area contributed by atoms with Crippen molar-refractivity contribution in [3.63, 3.8) is 0 Å². The van der Waals surface area contributed by atoms with Crippen molar-refractivity contribution in [1.29, 1.82) is 0 Å². The van der Waals surface area contributed by atoms with Crippen LogP contribution in [0.2, 0.25) is 0 Å². The normalized spacial score (nSPS) is 14.6. The largest absolute Gasteiger partial charge is 0.426 e. The van der Waals surface area contributed by atoms with Crippen LogP contribution in [0.4, 0.5) is 4.39 Å². The van der Waals surface area contributed by atoms with Gasteiger partial charge in [-0.15, -0.1) is 5.10 Å². The van der Waals surface area contributed by atoms with Crippen LogP contribution in [0.25, 0.3) is 5.69 Å². The Labute approximate surface area is 165 Å². The van der Waals surface area contributed by atoms with Crippen molar-refractivity contribution in [2.75, 3.05) is 13.1 Å². The number of rotatable bonds is 4. The van der Waals surface area contributed by atoms with Gasteiger partial charge >= 0.3 is 5.97 Å². The second-order valence-electron chi connectivity index (χ2n) is 6.74. The van der Waals surface area contributed by atoms with Gasteiger partial charge in [-0.25, -0.2) is 9.07 Å². The fourth-order valence-corrected chi connectivity index (χ4v) is 3.24. The van der Waals surface area contributed by atoms with Crippen molar-refractivity contribution in [1.82, 2.24) is 25.1 Å². The molecule has 2 aromatic carbocycles. The van der Waals surface area contributed by atoms with Crippen LogP contribution < -0.4 is 4.74 Å². The summed E-state index contributed by atoms with van der Waals surface area (Å²) in [5.74, 6) is -0.679. The summed E-state index contributed by atoms with van der Waals surface area (Å²) < 4.78 is 20.0. The van der Waals surface area contributed by atoms with Gasteiger partial charge in [0.15, 0.2) is 0 Å². The van der Waals surface area contributed by atoms with Gasteiger partial charge in [-0.3, -0.25) is 9.59 Å². The summed E-state index contributed by atoms with van der Waals surface area (Å²) in [4.78, 5) is 26.6. The van der Waals surface area contributed by atoms with E-state index in [0.717, 1.165) is 5.69 Å². The highest BCUT2D eigenvalue weighted by molar-refractivity contribution is 5.94. The number of aromatic nitrogens is 4. The Morgan fingerprint density at radius 1 is 1.00 bits per heavy atom. The summed E-state index contributed by atoms with van der Waals surface area (Å²) in [6, 6.07) is 12.3. The smallest absolute Gasteiger partial charge is 0.314 e. The van der Waals surface area contributed by atoms with E-state index in [1.54, 1.807) is 29.2 Å². The quantitative estimate of drug-likeness (QED) is 0.497. The molecule has 1 saturated heterocycles. The monoisotopic (exact) mass is 395 g/mol. The first kappa shape index (κ1) is 18.7. The second kappa shape index (κ2) is 8.17. The summed E-state index contributed by atoms with van der Waals surface area (Å²) in [5.41, 5.74) is 1.19. The van der Waals surface area contributed by atoms with Crippen LogP contribution >= 0.6 is 0 Å². The number of esters is 1. The fourth-order valence-electron chi connectivity index (χ4n) is 3.24. The maximum Gasteiger partial charge on any atom is 0.314 e. The molecule has 1 aliphatic rings. The Kier molecular flexibility index (Phi) is 5.28. The highest BCUT2D eigenvalue weighted by Gasteiger charge is 2.29. The predicted molar refractivity (Wildman–Crippen MR) is 99.8 cm³/mol. The molecule has 0 bridgehead atoms. The topological polar surface area (TPSA) is 90.2 Å². The summed E-state index contributed by atoms with van der Waals surface area (Å²) in [6.07, 6.45) is 2.52. The lowest BCUT2D eigenvalue weighted by Gasteiger charge is -2.31. The molecule has 1 fully saturated rings. The van der Waals surface area contributed by atoms with E-state index in [4.69, 9.17) is 4.74 Å². The summed E-state index contributed by atoms with van der Waals surface area (Å²) >= 11 is 0. The van der Waals surface area contributed by atoms with Crippen molar-refractivity contribution in [3.8, 4) is 11.4 Å². The molecule has 2 heterocycles. The fraction of sp³-hybridized carbons (Fsp3) is 0.250. The minimum atomic E-state index is -0.381. The van der Waals surface area contributed by atoms with E-state index >= 15 is 0 Å². The Bertz CT molecular complexity index is 982. The van der Waals surface area contributed by atoms with Crippen LogP contribution in [-0.2, 0) is 4.79 Å². The van der Waals surface area contributed by atoms with Crippen molar-refractivity contribution < 1.29 is 18.7 Å². The van der Waals surface area contributed by atoms with Gasteiger partial charge in [0.05, 0.1) is 11.6 Å². The first-order valence-corrected chi connectivity index (χ1v) is 9.20. The van der Waals surface area contributed by atoms with Gasteiger partial charge < -0.3 is 9.64 Å². The lowest BCUT2D eigenvalue weighted by Crippen LogP contribution is -2.41. The third-order valence-corrected chi connectivity index (χ3v) is 4.88. The number of hydrogen-bond acceptors (Lipinski definition) is 6. The molecule has 0 atom stereocenters. The molecule has 0 saturated carbocycles. The zero-order chi connectivity index (χ0) is 20.2. The number of amides is 1. The Hall–Kier alpha value is -3.62. The van der Waals surface area contributed by atoms with E-state index in [0.29, 0.717) is 37.2 Å². The molecule has 0 spiro atoms. The first-order chi connectivity index (χ1) is 14.1. The molecule has 0 N–H and O–H groups in total. The van der Waals surface area contributed by atoms with Gasteiger partial charge in [0, 0.05) is 18.7 Å². The van der Waals surface area contributed by atoms with Crippen LogP contribution in [0.15, 0.2) is 54.9 Å². The Morgan fingerprint density at radius 3 is 2.31 bits per heavy atom. The van der Waals surface area contributed by atoms with E-state index in [9.17, 15) is 14.0 Å². The summed E-state index contributed by atoms with van der Waals surface area (Å²) in [5, 5.41) is 10.9. The molecule has 9 heteroatoms. The zero-order valence-corrected chi connectivity index (χ0v) is 15.4. The Morgan fingerprint density at radius 2 is 1.69 bits per heavy atom. The summed E-state index contributed by atoms with van der Waals surface area (Å²) in [7, 11) is 0. The van der Waals surface area contributed by atoms with Crippen LogP contribution in [-0.4, -0.2) is 50.1 Å². The molecule has 0 radical (unpaired) electrons. The van der Waals surface area contributed by atoms with Crippen molar-refractivity contribution in [2.24, 2.45) is 5.92 Å². The third-order valence-electron chi connectivity index (χ3n) is 4.88. The van der Waals surface area contributed by atoms with Gasteiger partial charge in [0.2, 0.25) is 0 Å². The molecule has 0 unspecified atom stereocenters. The average Bonchev–Trinajstić information content (AvgIpc) is 3.29.